The second kappa shape index (κ2) is 7.09. The third kappa shape index (κ3) is 3.49. The second-order valence-corrected chi connectivity index (χ2v) is 8.80. The lowest BCUT2D eigenvalue weighted by molar-refractivity contribution is 0.339. The maximum Gasteiger partial charge on any atom is 0.258 e. The SMILES string of the molecule is CS(=O)(=O)c1ccc(-c2cccc(-c3nc(C4CCCN4C#N)no3)c2)cc1. The van der Waals surface area contributed by atoms with Gasteiger partial charge in [-0.1, -0.05) is 29.4 Å². The summed E-state index contributed by atoms with van der Waals surface area (Å²) >= 11 is 0. The summed E-state index contributed by atoms with van der Waals surface area (Å²) in [5.74, 6) is 0.923. The van der Waals surface area contributed by atoms with Gasteiger partial charge in [0.05, 0.1) is 4.90 Å². The van der Waals surface area contributed by atoms with Crippen LogP contribution in [0, 0.1) is 11.5 Å². The van der Waals surface area contributed by atoms with Gasteiger partial charge in [-0.05, 0) is 48.2 Å². The van der Waals surface area contributed by atoms with Crippen molar-refractivity contribution in [2.45, 2.75) is 23.8 Å². The van der Waals surface area contributed by atoms with Crippen LogP contribution in [0.15, 0.2) is 57.9 Å². The Kier molecular flexibility index (Phi) is 4.61. The molecule has 2 aromatic carbocycles. The molecule has 28 heavy (non-hydrogen) atoms. The zero-order valence-corrected chi connectivity index (χ0v) is 16.1. The van der Waals surface area contributed by atoms with Crippen LogP contribution in [0.5, 0.6) is 0 Å². The fourth-order valence-electron chi connectivity index (χ4n) is 3.37. The highest BCUT2D eigenvalue weighted by molar-refractivity contribution is 7.90. The van der Waals surface area contributed by atoms with Gasteiger partial charge in [-0.25, -0.2) is 8.42 Å². The van der Waals surface area contributed by atoms with Crippen LogP contribution in [0.4, 0.5) is 0 Å². The molecular weight excluding hydrogens is 376 g/mol. The summed E-state index contributed by atoms with van der Waals surface area (Å²) in [5, 5.41) is 13.3. The number of rotatable bonds is 4. The zero-order chi connectivity index (χ0) is 19.7. The molecule has 142 valence electrons. The molecule has 3 aromatic rings. The minimum atomic E-state index is -3.23. The van der Waals surface area contributed by atoms with E-state index < -0.39 is 9.84 Å². The quantitative estimate of drug-likeness (QED) is 0.625. The Balaban J connectivity index is 1.62. The van der Waals surface area contributed by atoms with Gasteiger partial charge in [0.15, 0.2) is 21.9 Å². The number of likely N-dealkylation sites (tertiary alicyclic amines) is 1. The van der Waals surface area contributed by atoms with E-state index in [1.54, 1.807) is 29.2 Å². The van der Waals surface area contributed by atoms with Gasteiger partial charge in [0.2, 0.25) is 0 Å². The van der Waals surface area contributed by atoms with Crippen molar-refractivity contribution in [1.82, 2.24) is 15.0 Å². The Bertz CT molecular complexity index is 1150. The molecule has 1 aliphatic rings. The summed E-state index contributed by atoms with van der Waals surface area (Å²) in [6.07, 6.45) is 5.13. The van der Waals surface area contributed by atoms with Gasteiger partial charge in [-0.15, -0.1) is 0 Å². The first-order valence-electron chi connectivity index (χ1n) is 8.86. The second-order valence-electron chi connectivity index (χ2n) is 6.79. The van der Waals surface area contributed by atoms with Crippen molar-refractivity contribution in [3.8, 4) is 28.8 Å². The molecule has 2 heterocycles. The van der Waals surface area contributed by atoms with E-state index in [2.05, 4.69) is 16.3 Å². The number of nitrogens with zero attached hydrogens (tertiary/aromatic N) is 4. The van der Waals surface area contributed by atoms with E-state index in [4.69, 9.17) is 4.52 Å². The van der Waals surface area contributed by atoms with E-state index in [0.29, 0.717) is 18.3 Å². The summed E-state index contributed by atoms with van der Waals surface area (Å²) in [7, 11) is -3.23. The Morgan fingerprint density at radius 2 is 1.89 bits per heavy atom. The van der Waals surface area contributed by atoms with Gasteiger partial charge in [0, 0.05) is 18.4 Å². The third-order valence-corrected chi connectivity index (χ3v) is 5.97. The van der Waals surface area contributed by atoms with Crippen LogP contribution in [0.3, 0.4) is 0 Å². The van der Waals surface area contributed by atoms with Gasteiger partial charge in [0.1, 0.15) is 6.04 Å². The topological polar surface area (TPSA) is 100 Å². The molecule has 8 heteroatoms. The van der Waals surface area contributed by atoms with Gasteiger partial charge < -0.3 is 4.52 Å². The largest absolute Gasteiger partial charge is 0.334 e. The number of sulfone groups is 1. The van der Waals surface area contributed by atoms with Crippen LogP contribution in [0.25, 0.3) is 22.6 Å². The third-order valence-electron chi connectivity index (χ3n) is 4.85. The molecule has 0 amide bonds. The standard InChI is InChI=1S/C20H18N4O3S/c1-28(25,26)17-9-7-14(8-10-17)15-4-2-5-16(12-15)20-22-19(23-27-20)18-6-3-11-24(18)13-21/h2,4-5,7-10,12,18H,3,6,11H2,1H3. The summed E-state index contributed by atoms with van der Waals surface area (Å²) in [4.78, 5) is 6.45. The van der Waals surface area contributed by atoms with Gasteiger partial charge in [-0.2, -0.15) is 10.2 Å². The Labute approximate surface area is 163 Å². The van der Waals surface area contributed by atoms with Crippen molar-refractivity contribution in [3.05, 3.63) is 54.4 Å². The number of hydrogen-bond donors (Lipinski definition) is 0. The molecule has 4 rings (SSSR count). The van der Waals surface area contributed by atoms with E-state index in [9.17, 15) is 13.7 Å². The highest BCUT2D eigenvalue weighted by Crippen LogP contribution is 2.31. The predicted molar refractivity (Wildman–Crippen MR) is 103 cm³/mol. The molecule has 0 spiro atoms. The van der Waals surface area contributed by atoms with Crippen LogP contribution >= 0.6 is 0 Å². The lowest BCUT2D eigenvalue weighted by Gasteiger charge is -2.13. The molecule has 1 fully saturated rings. The Hall–Kier alpha value is -3.18. The molecule has 7 nitrogen and oxygen atoms in total. The molecule has 0 saturated carbocycles. The van der Waals surface area contributed by atoms with Crippen molar-refractivity contribution in [1.29, 1.82) is 5.26 Å². The fourth-order valence-corrected chi connectivity index (χ4v) is 4.00. The van der Waals surface area contributed by atoms with Crippen molar-refractivity contribution >= 4 is 9.84 Å². The molecule has 0 N–H and O–H groups in total. The maximum atomic E-state index is 11.6. The normalized spacial score (nSPS) is 16.9. The van der Waals surface area contributed by atoms with E-state index in [0.717, 1.165) is 29.5 Å². The van der Waals surface area contributed by atoms with E-state index in [-0.39, 0.29) is 10.9 Å². The van der Waals surface area contributed by atoms with E-state index in [1.807, 2.05) is 24.3 Å². The first kappa shape index (κ1) is 18.2. The number of nitriles is 1. The van der Waals surface area contributed by atoms with Crippen LogP contribution in [0.1, 0.15) is 24.7 Å². The summed E-state index contributed by atoms with van der Waals surface area (Å²) < 4.78 is 28.7. The molecule has 0 aliphatic carbocycles. The molecule has 1 aliphatic heterocycles. The van der Waals surface area contributed by atoms with Gasteiger partial charge >= 0.3 is 0 Å². The molecule has 0 bridgehead atoms. The minimum Gasteiger partial charge on any atom is -0.334 e. The number of aromatic nitrogens is 2. The Morgan fingerprint density at radius 1 is 1.14 bits per heavy atom. The number of hydrogen-bond acceptors (Lipinski definition) is 7. The lowest BCUT2D eigenvalue weighted by Crippen LogP contribution is -2.17. The first-order valence-corrected chi connectivity index (χ1v) is 10.8. The number of benzene rings is 2. The lowest BCUT2D eigenvalue weighted by atomic mass is 10.0. The van der Waals surface area contributed by atoms with Crippen molar-refractivity contribution < 1.29 is 12.9 Å². The predicted octanol–water partition coefficient (Wildman–Crippen LogP) is 3.43. The molecular formula is C20H18N4O3S. The van der Waals surface area contributed by atoms with Gasteiger partial charge in [0.25, 0.3) is 5.89 Å². The molecule has 1 aromatic heterocycles. The first-order chi connectivity index (χ1) is 13.5. The van der Waals surface area contributed by atoms with Crippen LogP contribution in [0.2, 0.25) is 0 Å². The summed E-state index contributed by atoms with van der Waals surface area (Å²) in [6, 6.07) is 14.2. The zero-order valence-electron chi connectivity index (χ0n) is 15.2. The summed E-state index contributed by atoms with van der Waals surface area (Å²) in [6.45, 7) is 0.712. The molecule has 1 saturated heterocycles. The van der Waals surface area contributed by atoms with Crippen molar-refractivity contribution in [3.63, 3.8) is 0 Å². The van der Waals surface area contributed by atoms with Crippen molar-refractivity contribution in [2.75, 3.05) is 12.8 Å². The molecule has 1 atom stereocenters. The summed E-state index contributed by atoms with van der Waals surface area (Å²) in [5.41, 5.74) is 2.57. The highest BCUT2D eigenvalue weighted by Gasteiger charge is 2.29. The maximum absolute atomic E-state index is 11.6. The molecule has 1 unspecified atom stereocenters. The Morgan fingerprint density at radius 3 is 2.61 bits per heavy atom. The molecule has 0 radical (unpaired) electrons. The highest BCUT2D eigenvalue weighted by atomic mass is 32.2. The average Bonchev–Trinajstić information content (AvgIpc) is 3.36. The van der Waals surface area contributed by atoms with Crippen LogP contribution in [-0.4, -0.2) is 36.3 Å². The van der Waals surface area contributed by atoms with Crippen LogP contribution in [-0.2, 0) is 9.84 Å². The minimum absolute atomic E-state index is 0.130. The smallest absolute Gasteiger partial charge is 0.258 e. The van der Waals surface area contributed by atoms with Crippen LogP contribution < -0.4 is 0 Å². The van der Waals surface area contributed by atoms with E-state index in [1.165, 1.54) is 6.26 Å². The van der Waals surface area contributed by atoms with E-state index >= 15 is 0 Å². The average molecular weight is 394 g/mol. The fraction of sp³-hybridized carbons (Fsp3) is 0.250. The monoisotopic (exact) mass is 394 g/mol. The van der Waals surface area contributed by atoms with Gasteiger partial charge in [-0.3, -0.25) is 4.90 Å². The van der Waals surface area contributed by atoms with Crippen molar-refractivity contribution in [2.24, 2.45) is 0 Å².